The fourth-order valence-corrected chi connectivity index (χ4v) is 2.98. The summed E-state index contributed by atoms with van der Waals surface area (Å²) in [5.41, 5.74) is 3.34. The molecule has 0 aliphatic carbocycles. The molecule has 5 heteroatoms. The summed E-state index contributed by atoms with van der Waals surface area (Å²) in [7, 11) is 0. The van der Waals surface area contributed by atoms with E-state index in [2.05, 4.69) is 32.1 Å². The van der Waals surface area contributed by atoms with E-state index in [-0.39, 0.29) is 0 Å². The summed E-state index contributed by atoms with van der Waals surface area (Å²) in [5.74, 6) is 0.989. The van der Waals surface area contributed by atoms with Crippen molar-refractivity contribution < 1.29 is 4.52 Å². The van der Waals surface area contributed by atoms with E-state index in [1.165, 1.54) is 12.1 Å². The van der Waals surface area contributed by atoms with E-state index in [9.17, 15) is 0 Å². The molecule has 5 nitrogen and oxygen atoms in total. The molecule has 1 fully saturated rings. The molecule has 0 saturated carbocycles. The molecule has 2 aromatic rings. The third-order valence-corrected chi connectivity index (χ3v) is 4.19. The van der Waals surface area contributed by atoms with Gasteiger partial charge >= 0.3 is 0 Å². The van der Waals surface area contributed by atoms with E-state index in [4.69, 9.17) is 4.52 Å². The molecule has 0 amide bonds. The van der Waals surface area contributed by atoms with Gasteiger partial charge in [-0.05, 0) is 38.9 Å². The first-order chi connectivity index (χ1) is 10.7. The van der Waals surface area contributed by atoms with Crippen LogP contribution in [0.5, 0.6) is 0 Å². The van der Waals surface area contributed by atoms with Crippen LogP contribution in [0.2, 0.25) is 0 Å². The van der Waals surface area contributed by atoms with Crippen LogP contribution in [0.4, 0.5) is 5.69 Å². The van der Waals surface area contributed by atoms with Crippen molar-refractivity contribution in [2.75, 3.05) is 37.6 Å². The molecule has 0 bridgehead atoms. The lowest BCUT2D eigenvalue weighted by Crippen LogP contribution is -2.32. The zero-order valence-corrected chi connectivity index (χ0v) is 13.5. The van der Waals surface area contributed by atoms with Crippen LogP contribution in [0.15, 0.2) is 28.9 Å². The quantitative estimate of drug-likeness (QED) is 0.868. The predicted octanol–water partition coefficient (Wildman–Crippen LogP) is 2.44. The van der Waals surface area contributed by atoms with E-state index in [0.29, 0.717) is 0 Å². The Bertz CT molecular complexity index is 610. The molecule has 3 rings (SSSR count). The van der Waals surface area contributed by atoms with Crippen LogP contribution < -0.4 is 4.90 Å². The highest BCUT2D eigenvalue weighted by Crippen LogP contribution is 2.17. The fourth-order valence-electron chi connectivity index (χ4n) is 2.98. The number of nitrogens with zero attached hydrogens (tertiary/aromatic N) is 4. The van der Waals surface area contributed by atoms with Gasteiger partial charge in [0.05, 0.1) is 5.69 Å². The van der Waals surface area contributed by atoms with E-state index in [1.807, 2.05) is 26.1 Å². The first-order valence-electron chi connectivity index (χ1n) is 8.03. The van der Waals surface area contributed by atoms with Gasteiger partial charge in [0.2, 0.25) is 0 Å². The van der Waals surface area contributed by atoms with Gasteiger partial charge in [-0.3, -0.25) is 4.98 Å². The Labute approximate surface area is 131 Å². The van der Waals surface area contributed by atoms with Crippen molar-refractivity contribution in [3.05, 3.63) is 41.5 Å². The average molecular weight is 300 g/mol. The lowest BCUT2D eigenvalue weighted by Gasteiger charge is -2.23. The standard InChI is InChI=1S/C17H24N4O/c1-14-12-16(4-6-18-14)21-8-3-7-20(10-11-21)9-5-17-13-15(2)19-22-17/h4,6,12-13H,3,5,7-11H2,1-2H3. The molecule has 0 atom stereocenters. The molecule has 0 aromatic carbocycles. The SMILES string of the molecule is Cc1cc(N2CCCN(CCc3cc(C)no3)CC2)ccn1. The number of hydrogen-bond donors (Lipinski definition) is 0. The molecule has 22 heavy (non-hydrogen) atoms. The van der Waals surface area contributed by atoms with E-state index in [1.54, 1.807) is 0 Å². The van der Waals surface area contributed by atoms with Crippen molar-refractivity contribution in [3.63, 3.8) is 0 Å². The van der Waals surface area contributed by atoms with Crippen LogP contribution in [0, 0.1) is 13.8 Å². The predicted molar refractivity (Wildman–Crippen MR) is 87.2 cm³/mol. The first kappa shape index (κ1) is 15.0. The Morgan fingerprint density at radius 3 is 2.77 bits per heavy atom. The minimum absolute atomic E-state index is 0.940. The second-order valence-electron chi connectivity index (χ2n) is 6.02. The van der Waals surface area contributed by atoms with E-state index < -0.39 is 0 Å². The van der Waals surface area contributed by atoms with Crippen molar-refractivity contribution in [2.24, 2.45) is 0 Å². The molecule has 118 valence electrons. The molecule has 0 N–H and O–H groups in total. The Morgan fingerprint density at radius 1 is 1.09 bits per heavy atom. The highest BCUT2D eigenvalue weighted by molar-refractivity contribution is 5.46. The van der Waals surface area contributed by atoms with E-state index in [0.717, 1.165) is 56.3 Å². The first-order valence-corrected chi connectivity index (χ1v) is 8.03. The maximum absolute atomic E-state index is 5.30. The number of hydrogen-bond acceptors (Lipinski definition) is 5. The van der Waals surface area contributed by atoms with Gasteiger partial charge in [0.25, 0.3) is 0 Å². The van der Waals surface area contributed by atoms with Crippen LogP contribution in [0.3, 0.4) is 0 Å². The van der Waals surface area contributed by atoms with Crippen LogP contribution in [-0.2, 0) is 6.42 Å². The van der Waals surface area contributed by atoms with Crippen molar-refractivity contribution in [1.82, 2.24) is 15.0 Å². The average Bonchev–Trinajstić information content (AvgIpc) is 2.79. The van der Waals surface area contributed by atoms with Gasteiger partial charge in [-0.25, -0.2) is 0 Å². The van der Waals surface area contributed by atoms with Crippen molar-refractivity contribution >= 4 is 5.69 Å². The molecule has 0 radical (unpaired) electrons. The summed E-state index contributed by atoms with van der Waals surface area (Å²) < 4.78 is 5.30. The number of anilines is 1. The third kappa shape index (κ3) is 3.85. The molecular weight excluding hydrogens is 276 g/mol. The monoisotopic (exact) mass is 300 g/mol. The Kier molecular flexibility index (Phi) is 4.73. The second kappa shape index (κ2) is 6.92. The maximum atomic E-state index is 5.30. The van der Waals surface area contributed by atoms with Gasteiger partial charge in [0, 0.05) is 56.2 Å². The van der Waals surface area contributed by atoms with Gasteiger partial charge in [-0.15, -0.1) is 0 Å². The molecule has 2 aromatic heterocycles. The van der Waals surface area contributed by atoms with Gasteiger partial charge in [-0.2, -0.15) is 0 Å². The Balaban J connectivity index is 1.53. The number of aryl methyl sites for hydroxylation is 2. The summed E-state index contributed by atoms with van der Waals surface area (Å²) >= 11 is 0. The maximum Gasteiger partial charge on any atom is 0.138 e. The topological polar surface area (TPSA) is 45.4 Å². The largest absolute Gasteiger partial charge is 0.370 e. The highest BCUT2D eigenvalue weighted by atomic mass is 16.5. The van der Waals surface area contributed by atoms with Crippen molar-refractivity contribution in [1.29, 1.82) is 0 Å². The van der Waals surface area contributed by atoms with E-state index >= 15 is 0 Å². The minimum Gasteiger partial charge on any atom is -0.370 e. The molecule has 1 aliphatic heterocycles. The van der Waals surface area contributed by atoms with Gasteiger partial charge < -0.3 is 14.3 Å². The summed E-state index contributed by atoms with van der Waals surface area (Å²) in [6.07, 6.45) is 4.03. The lowest BCUT2D eigenvalue weighted by molar-refractivity contribution is 0.281. The van der Waals surface area contributed by atoms with Crippen LogP contribution in [0.25, 0.3) is 0 Å². The smallest absolute Gasteiger partial charge is 0.138 e. The molecule has 3 heterocycles. The zero-order valence-electron chi connectivity index (χ0n) is 13.5. The van der Waals surface area contributed by atoms with Gasteiger partial charge in [0.1, 0.15) is 5.76 Å². The van der Waals surface area contributed by atoms with Crippen LogP contribution in [-0.4, -0.2) is 47.8 Å². The summed E-state index contributed by atoms with van der Waals surface area (Å²) in [6, 6.07) is 6.32. The molecule has 0 unspecified atom stereocenters. The summed E-state index contributed by atoms with van der Waals surface area (Å²) in [6.45, 7) is 9.47. The lowest BCUT2D eigenvalue weighted by atomic mass is 10.3. The molecule has 0 spiro atoms. The zero-order chi connectivity index (χ0) is 15.4. The number of rotatable bonds is 4. The molecule has 1 saturated heterocycles. The summed E-state index contributed by atoms with van der Waals surface area (Å²) in [5, 5.41) is 3.95. The number of pyridine rings is 1. The van der Waals surface area contributed by atoms with Crippen molar-refractivity contribution in [3.8, 4) is 0 Å². The summed E-state index contributed by atoms with van der Waals surface area (Å²) in [4.78, 5) is 9.27. The van der Waals surface area contributed by atoms with Gasteiger partial charge in [-0.1, -0.05) is 5.16 Å². The highest BCUT2D eigenvalue weighted by Gasteiger charge is 2.15. The Hall–Kier alpha value is -1.88. The Morgan fingerprint density at radius 2 is 2.00 bits per heavy atom. The second-order valence-corrected chi connectivity index (χ2v) is 6.02. The van der Waals surface area contributed by atoms with Gasteiger partial charge in [0.15, 0.2) is 0 Å². The van der Waals surface area contributed by atoms with Crippen LogP contribution in [0.1, 0.15) is 23.6 Å². The molecule has 1 aliphatic rings. The van der Waals surface area contributed by atoms with Crippen molar-refractivity contribution in [2.45, 2.75) is 26.7 Å². The fraction of sp³-hybridized carbons (Fsp3) is 0.529. The van der Waals surface area contributed by atoms with Crippen LogP contribution >= 0.6 is 0 Å². The number of aromatic nitrogens is 2. The third-order valence-electron chi connectivity index (χ3n) is 4.19. The minimum atomic E-state index is 0.940. The normalized spacial score (nSPS) is 16.7. The molecular formula is C17H24N4O.